The molecule has 1 saturated heterocycles. The van der Waals surface area contributed by atoms with Crippen molar-refractivity contribution < 1.29 is 18.3 Å². The van der Waals surface area contributed by atoms with E-state index in [1.165, 1.54) is 0 Å². The predicted octanol–water partition coefficient (Wildman–Crippen LogP) is 2.86. The highest BCUT2D eigenvalue weighted by atomic mass is 32.2. The van der Waals surface area contributed by atoms with Crippen molar-refractivity contribution in [3.63, 3.8) is 0 Å². The van der Waals surface area contributed by atoms with Gasteiger partial charge in [-0.3, -0.25) is 4.79 Å². The Morgan fingerprint density at radius 3 is 2.68 bits per heavy atom. The number of rotatable bonds is 3. The number of halogens is 2. The van der Waals surface area contributed by atoms with Crippen LogP contribution in [-0.4, -0.2) is 42.4 Å². The Kier molecular flexibility index (Phi) is 4.76. The molecule has 0 spiro atoms. The van der Waals surface area contributed by atoms with Crippen LogP contribution in [-0.2, 0) is 4.74 Å². The second kappa shape index (κ2) is 6.34. The van der Waals surface area contributed by atoms with Gasteiger partial charge in [0.05, 0.1) is 12.7 Å². The van der Waals surface area contributed by atoms with Crippen molar-refractivity contribution in [2.24, 2.45) is 0 Å². The molecule has 104 valence electrons. The standard InChI is InChI=1S/C13H15F2NO2S/c1-9-8-16(6-7-18-9)12(17)10-2-4-11(5-3-10)19-13(14)15/h2-5,9,13H,6-8H2,1H3. The Morgan fingerprint density at radius 1 is 1.42 bits per heavy atom. The zero-order chi connectivity index (χ0) is 13.8. The Labute approximate surface area is 114 Å². The fourth-order valence-corrected chi connectivity index (χ4v) is 2.46. The number of alkyl halides is 2. The highest BCUT2D eigenvalue weighted by Crippen LogP contribution is 2.25. The average molecular weight is 287 g/mol. The van der Waals surface area contributed by atoms with Crippen molar-refractivity contribution in [2.45, 2.75) is 23.7 Å². The van der Waals surface area contributed by atoms with E-state index in [2.05, 4.69) is 0 Å². The van der Waals surface area contributed by atoms with E-state index in [0.29, 0.717) is 41.9 Å². The van der Waals surface area contributed by atoms with Gasteiger partial charge >= 0.3 is 0 Å². The lowest BCUT2D eigenvalue weighted by atomic mass is 10.2. The molecule has 1 heterocycles. The molecule has 1 unspecified atom stereocenters. The fraction of sp³-hybridized carbons (Fsp3) is 0.462. The van der Waals surface area contributed by atoms with Crippen molar-refractivity contribution in [2.75, 3.05) is 19.7 Å². The maximum absolute atomic E-state index is 12.2. The van der Waals surface area contributed by atoms with Crippen molar-refractivity contribution in [1.29, 1.82) is 0 Å². The molecular formula is C13H15F2NO2S. The van der Waals surface area contributed by atoms with E-state index in [-0.39, 0.29) is 12.0 Å². The maximum Gasteiger partial charge on any atom is 0.288 e. The van der Waals surface area contributed by atoms with Crippen LogP contribution in [0.25, 0.3) is 0 Å². The predicted molar refractivity (Wildman–Crippen MR) is 69.6 cm³/mol. The van der Waals surface area contributed by atoms with Gasteiger partial charge in [0.25, 0.3) is 11.7 Å². The van der Waals surface area contributed by atoms with E-state index in [4.69, 9.17) is 4.74 Å². The first kappa shape index (κ1) is 14.3. The summed E-state index contributed by atoms with van der Waals surface area (Å²) in [5.74, 6) is -2.52. The minimum absolute atomic E-state index is 0.0337. The van der Waals surface area contributed by atoms with Crippen LogP contribution in [0, 0.1) is 0 Å². The second-order valence-corrected chi connectivity index (χ2v) is 5.40. The summed E-state index contributed by atoms with van der Waals surface area (Å²) in [5, 5.41) is 0. The Morgan fingerprint density at radius 2 is 2.11 bits per heavy atom. The van der Waals surface area contributed by atoms with Gasteiger partial charge in [0.1, 0.15) is 0 Å². The summed E-state index contributed by atoms with van der Waals surface area (Å²) in [6, 6.07) is 6.28. The number of carbonyl (C=O) groups excluding carboxylic acids is 1. The van der Waals surface area contributed by atoms with E-state index in [9.17, 15) is 13.6 Å². The third kappa shape index (κ3) is 3.91. The number of hydrogen-bond acceptors (Lipinski definition) is 3. The van der Waals surface area contributed by atoms with Crippen molar-refractivity contribution in [3.05, 3.63) is 29.8 Å². The quantitative estimate of drug-likeness (QED) is 0.801. The highest BCUT2D eigenvalue weighted by Gasteiger charge is 2.22. The van der Waals surface area contributed by atoms with Crippen molar-refractivity contribution >= 4 is 17.7 Å². The van der Waals surface area contributed by atoms with Gasteiger partial charge in [-0.25, -0.2) is 0 Å². The van der Waals surface area contributed by atoms with Gasteiger partial charge < -0.3 is 9.64 Å². The molecule has 0 saturated carbocycles. The van der Waals surface area contributed by atoms with Crippen molar-refractivity contribution in [3.8, 4) is 0 Å². The molecule has 1 aromatic rings. The van der Waals surface area contributed by atoms with Gasteiger partial charge in [-0.2, -0.15) is 8.78 Å². The lowest BCUT2D eigenvalue weighted by molar-refractivity contribution is -0.0124. The highest BCUT2D eigenvalue weighted by molar-refractivity contribution is 7.99. The van der Waals surface area contributed by atoms with Gasteiger partial charge in [0, 0.05) is 23.5 Å². The summed E-state index contributed by atoms with van der Waals surface area (Å²) in [6.07, 6.45) is 0.0337. The molecule has 1 aromatic carbocycles. The fourth-order valence-electron chi connectivity index (χ4n) is 1.96. The van der Waals surface area contributed by atoms with E-state index in [1.807, 2.05) is 6.92 Å². The van der Waals surface area contributed by atoms with Gasteiger partial charge in [-0.1, -0.05) is 11.8 Å². The van der Waals surface area contributed by atoms with E-state index < -0.39 is 5.76 Å². The van der Waals surface area contributed by atoms with Crippen LogP contribution in [0.2, 0.25) is 0 Å². The van der Waals surface area contributed by atoms with Gasteiger partial charge in [0.15, 0.2) is 0 Å². The van der Waals surface area contributed by atoms with E-state index >= 15 is 0 Å². The summed E-state index contributed by atoms with van der Waals surface area (Å²) in [7, 11) is 0. The zero-order valence-electron chi connectivity index (χ0n) is 10.5. The maximum atomic E-state index is 12.2. The first-order valence-corrected chi connectivity index (χ1v) is 6.90. The molecule has 19 heavy (non-hydrogen) atoms. The monoisotopic (exact) mass is 287 g/mol. The molecule has 3 nitrogen and oxygen atoms in total. The summed E-state index contributed by atoms with van der Waals surface area (Å²) < 4.78 is 29.8. The van der Waals surface area contributed by atoms with Crippen LogP contribution in [0.15, 0.2) is 29.2 Å². The van der Waals surface area contributed by atoms with Crippen LogP contribution >= 0.6 is 11.8 Å². The average Bonchev–Trinajstić information content (AvgIpc) is 2.38. The molecule has 2 rings (SSSR count). The number of ether oxygens (including phenoxy) is 1. The summed E-state index contributed by atoms with van der Waals surface area (Å²) in [4.78, 5) is 14.4. The molecule has 1 fully saturated rings. The molecule has 0 bridgehead atoms. The molecule has 0 aliphatic carbocycles. The second-order valence-electron chi connectivity index (χ2n) is 4.34. The molecule has 6 heteroatoms. The number of carbonyl (C=O) groups is 1. The number of nitrogens with zero attached hydrogens (tertiary/aromatic N) is 1. The molecule has 0 radical (unpaired) electrons. The van der Waals surface area contributed by atoms with Crippen LogP contribution in [0.5, 0.6) is 0 Å². The molecule has 1 aliphatic heterocycles. The number of thioether (sulfide) groups is 1. The van der Waals surface area contributed by atoms with Gasteiger partial charge in [-0.05, 0) is 31.2 Å². The number of amides is 1. The first-order chi connectivity index (χ1) is 9.06. The minimum Gasteiger partial charge on any atom is -0.375 e. The number of morpholine rings is 1. The Balaban J connectivity index is 2.02. The molecule has 0 aromatic heterocycles. The smallest absolute Gasteiger partial charge is 0.288 e. The first-order valence-electron chi connectivity index (χ1n) is 6.02. The van der Waals surface area contributed by atoms with E-state index in [0.717, 1.165) is 0 Å². The van der Waals surface area contributed by atoms with Gasteiger partial charge in [-0.15, -0.1) is 0 Å². The summed E-state index contributed by atoms with van der Waals surface area (Å²) in [6.45, 7) is 3.58. The molecule has 1 aliphatic rings. The molecular weight excluding hydrogens is 272 g/mol. The van der Waals surface area contributed by atoms with Crippen LogP contribution < -0.4 is 0 Å². The summed E-state index contributed by atoms with van der Waals surface area (Å²) in [5.41, 5.74) is 0.521. The molecule has 0 N–H and O–H groups in total. The third-order valence-electron chi connectivity index (χ3n) is 2.85. The Bertz CT molecular complexity index is 439. The lowest BCUT2D eigenvalue weighted by Gasteiger charge is -2.31. The van der Waals surface area contributed by atoms with Crippen LogP contribution in [0.1, 0.15) is 17.3 Å². The SMILES string of the molecule is CC1CN(C(=O)c2ccc(SC(F)F)cc2)CCO1. The third-order valence-corrected chi connectivity index (χ3v) is 3.58. The minimum atomic E-state index is -2.44. The Hall–Kier alpha value is -1.14. The topological polar surface area (TPSA) is 29.5 Å². The molecule has 1 atom stereocenters. The number of hydrogen-bond donors (Lipinski definition) is 0. The molecule has 1 amide bonds. The largest absolute Gasteiger partial charge is 0.375 e. The van der Waals surface area contributed by atoms with E-state index in [1.54, 1.807) is 29.2 Å². The normalized spacial score (nSPS) is 19.8. The van der Waals surface area contributed by atoms with Crippen molar-refractivity contribution in [1.82, 2.24) is 4.90 Å². The van der Waals surface area contributed by atoms with Crippen LogP contribution in [0.3, 0.4) is 0 Å². The summed E-state index contributed by atoms with van der Waals surface area (Å²) >= 11 is 0.477. The van der Waals surface area contributed by atoms with Crippen LogP contribution in [0.4, 0.5) is 8.78 Å². The van der Waals surface area contributed by atoms with Gasteiger partial charge in [0.2, 0.25) is 0 Å². The lowest BCUT2D eigenvalue weighted by Crippen LogP contribution is -2.44. The number of benzene rings is 1. The zero-order valence-corrected chi connectivity index (χ0v) is 11.3.